The first kappa shape index (κ1) is 10.4. The Bertz CT molecular complexity index is 265. The van der Waals surface area contributed by atoms with Crippen LogP contribution in [0.5, 0.6) is 0 Å². The van der Waals surface area contributed by atoms with Crippen LogP contribution in [0.2, 0.25) is 0 Å². The summed E-state index contributed by atoms with van der Waals surface area (Å²) in [6.07, 6.45) is -2.97. The van der Waals surface area contributed by atoms with Crippen LogP contribution in [0, 0.1) is 0 Å². The fourth-order valence-electron chi connectivity index (χ4n) is 1.11. The molecule has 0 N–H and O–H groups in total. The molecule has 0 aromatic carbocycles. The molecule has 0 aromatic heterocycles. The smallest absolute Gasteiger partial charge is 0.414 e. The van der Waals surface area contributed by atoms with Gasteiger partial charge in [0, 0.05) is 6.42 Å². The van der Waals surface area contributed by atoms with Crippen LogP contribution in [-0.2, 0) is 4.74 Å². The standard InChI is InChI=1S/C8H8ClF3O/c1-13-5-2-3-6(7(9)4-5)8(10,11)12/h4H,2-3H2,1H3. The molecule has 0 radical (unpaired) electrons. The lowest BCUT2D eigenvalue weighted by molar-refractivity contribution is -0.0946. The first-order chi connectivity index (χ1) is 5.95. The molecule has 1 aliphatic carbocycles. The van der Waals surface area contributed by atoms with Gasteiger partial charge in [-0.3, -0.25) is 0 Å². The Morgan fingerprint density at radius 2 is 2.00 bits per heavy atom. The van der Waals surface area contributed by atoms with E-state index in [-0.39, 0.29) is 17.9 Å². The summed E-state index contributed by atoms with van der Waals surface area (Å²) in [6, 6.07) is 0. The average Bonchev–Trinajstić information content (AvgIpc) is 2.01. The van der Waals surface area contributed by atoms with Crippen molar-refractivity contribution in [2.24, 2.45) is 0 Å². The van der Waals surface area contributed by atoms with Crippen LogP contribution in [0.1, 0.15) is 12.8 Å². The molecule has 0 amide bonds. The second kappa shape index (κ2) is 3.62. The Hall–Kier alpha value is -0.640. The van der Waals surface area contributed by atoms with Crippen molar-refractivity contribution in [1.82, 2.24) is 0 Å². The number of methoxy groups -OCH3 is 1. The van der Waals surface area contributed by atoms with Gasteiger partial charge in [0.05, 0.1) is 23.5 Å². The van der Waals surface area contributed by atoms with E-state index in [1.165, 1.54) is 13.2 Å². The molecule has 0 aliphatic heterocycles. The molecule has 0 unspecified atom stereocenters. The molecule has 0 spiro atoms. The molecule has 1 nitrogen and oxygen atoms in total. The van der Waals surface area contributed by atoms with E-state index < -0.39 is 11.7 Å². The van der Waals surface area contributed by atoms with Crippen molar-refractivity contribution in [3.05, 3.63) is 22.4 Å². The highest BCUT2D eigenvalue weighted by Crippen LogP contribution is 2.37. The van der Waals surface area contributed by atoms with E-state index in [1.807, 2.05) is 0 Å². The van der Waals surface area contributed by atoms with Crippen LogP contribution in [0.4, 0.5) is 13.2 Å². The van der Waals surface area contributed by atoms with E-state index in [0.29, 0.717) is 5.76 Å². The summed E-state index contributed by atoms with van der Waals surface area (Å²) in [4.78, 5) is 0. The number of hydrogen-bond donors (Lipinski definition) is 0. The molecule has 0 saturated heterocycles. The number of rotatable bonds is 1. The van der Waals surface area contributed by atoms with Crippen LogP contribution in [0.15, 0.2) is 22.4 Å². The molecule has 1 aliphatic rings. The summed E-state index contributed by atoms with van der Waals surface area (Å²) in [6.45, 7) is 0. The van der Waals surface area contributed by atoms with Gasteiger partial charge in [-0.15, -0.1) is 0 Å². The second-order valence-corrected chi connectivity index (χ2v) is 3.05. The highest BCUT2D eigenvalue weighted by Gasteiger charge is 2.36. The Labute approximate surface area is 78.8 Å². The SMILES string of the molecule is COC1=CC(Cl)=C(C(F)(F)F)CC1. The number of hydrogen-bond acceptors (Lipinski definition) is 1. The van der Waals surface area contributed by atoms with Crippen LogP contribution in [0.25, 0.3) is 0 Å². The van der Waals surface area contributed by atoms with Gasteiger partial charge < -0.3 is 4.74 Å². The van der Waals surface area contributed by atoms with E-state index in [2.05, 4.69) is 0 Å². The third kappa shape index (κ3) is 2.40. The first-order valence-corrected chi connectivity index (χ1v) is 4.03. The molecule has 13 heavy (non-hydrogen) atoms. The third-order valence-electron chi connectivity index (χ3n) is 1.80. The van der Waals surface area contributed by atoms with Gasteiger partial charge in [0.2, 0.25) is 0 Å². The summed E-state index contributed by atoms with van der Waals surface area (Å²) in [5.74, 6) is 0.484. The van der Waals surface area contributed by atoms with E-state index in [4.69, 9.17) is 16.3 Å². The van der Waals surface area contributed by atoms with Crippen LogP contribution < -0.4 is 0 Å². The number of halogens is 4. The Morgan fingerprint density at radius 1 is 1.38 bits per heavy atom. The molecule has 5 heteroatoms. The molecule has 0 bridgehead atoms. The molecule has 0 atom stereocenters. The maximum Gasteiger partial charge on any atom is 0.414 e. The second-order valence-electron chi connectivity index (χ2n) is 2.64. The van der Waals surface area contributed by atoms with Crippen molar-refractivity contribution in [3.8, 4) is 0 Å². The van der Waals surface area contributed by atoms with Gasteiger partial charge in [-0.1, -0.05) is 11.6 Å². The zero-order chi connectivity index (χ0) is 10.1. The van der Waals surface area contributed by atoms with Crippen molar-refractivity contribution in [3.63, 3.8) is 0 Å². The van der Waals surface area contributed by atoms with Gasteiger partial charge >= 0.3 is 6.18 Å². The summed E-state index contributed by atoms with van der Waals surface area (Å²) in [5, 5.41) is -0.268. The van der Waals surface area contributed by atoms with E-state index in [9.17, 15) is 13.2 Å². The van der Waals surface area contributed by atoms with Gasteiger partial charge in [-0.2, -0.15) is 13.2 Å². The maximum absolute atomic E-state index is 12.2. The highest BCUT2D eigenvalue weighted by atomic mass is 35.5. The Morgan fingerprint density at radius 3 is 2.38 bits per heavy atom. The van der Waals surface area contributed by atoms with Crippen molar-refractivity contribution in [1.29, 1.82) is 0 Å². The van der Waals surface area contributed by atoms with Gasteiger partial charge in [0.1, 0.15) is 0 Å². The van der Waals surface area contributed by atoms with Gasteiger partial charge in [0.25, 0.3) is 0 Å². The molecule has 1 rings (SSSR count). The lowest BCUT2D eigenvalue weighted by atomic mass is 10.0. The first-order valence-electron chi connectivity index (χ1n) is 3.65. The van der Waals surface area contributed by atoms with Crippen LogP contribution in [0.3, 0.4) is 0 Å². The van der Waals surface area contributed by atoms with Gasteiger partial charge in [-0.05, 0) is 12.5 Å². The molecule has 0 fully saturated rings. The third-order valence-corrected chi connectivity index (χ3v) is 2.14. The quantitative estimate of drug-likeness (QED) is 0.648. The van der Waals surface area contributed by atoms with Crippen molar-refractivity contribution < 1.29 is 17.9 Å². The number of alkyl halides is 3. The van der Waals surface area contributed by atoms with Gasteiger partial charge in [0.15, 0.2) is 0 Å². The fourth-order valence-corrected chi connectivity index (χ4v) is 1.43. The van der Waals surface area contributed by atoms with Crippen LogP contribution in [-0.4, -0.2) is 13.3 Å². The Kier molecular flexibility index (Phi) is 2.91. The van der Waals surface area contributed by atoms with Crippen LogP contribution >= 0.6 is 11.6 Å². The number of allylic oxidation sites excluding steroid dienone is 4. The number of ether oxygens (including phenoxy) is 1. The lowest BCUT2D eigenvalue weighted by Crippen LogP contribution is -2.15. The minimum absolute atomic E-state index is 0.109. The van der Waals surface area contributed by atoms with Crippen molar-refractivity contribution in [2.45, 2.75) is 19.0 Å². The summed E-state index contributed by atoms with van der Waals surface area (Å²) < 4.78 is 41.4. The van der Waals surface area contributed by atoms with E-state index in [1.54, 1.807) is 0 Å². The van der Waals surface area contributed by atoms with Crippen molar-refractivity contribution in [2.75, 3.05) is 7.11 Å². The minimum Gasteiger partial charge on any atom is -0.501 e. The molecular formula is C8H8ClF3O. The van der Waals surface area contributed by atoms with E-state index >= 15 is 0 Å². The maximum atomic E-state index is 12.2. The molecule has 0 aromatic rings. The summed E-state index contributed by atoms with van der Waals surface area (Å²) in [5.41, 5.74) is -0.671. The lowest BCUT2D eigenvalue weighted by Gasteiger charge is -2.18. The predicted octanol–water partition coefficient (Wildman–Crippen LogP) is 3.37. The highest BCUT2D eigenvalue weighted by molar-refractivity contribution is 6.31. The predicted molar refractivity (Wildman–Crippen MR) is 43.3 cm³/mol. The Balaban J connectivity index is 2.94. The molecular weight excluding hydrogens is 205 g/mol. The summed E-state index contributed by atoms with van der Waals surface area (Å²) in [7, 11) is 1.41. The van der Waals surface area contributed by atoms with Crippen molar-refractivity contribution >= 4 is 11.6 Å². The molecule has 74 valence electrons. The largest absolute Gasteiger partial charge is 0.501 e. The minimum atomic E-state index is -4.33. The zero-order valence-electron chi connectivity index (χ0n) is 6.91. The average molecular weight is 213 g/mol. The van der Waals surface area contributed by atoms with E-state index in [0.717, 1.165) is 0 Å². The monoisotopic (exact) mass is 212 g/mol. The normalized spacial score (nSPS) is 18.7. The van der Waals surface area contributed by atoms with Gasteiger partial charge in [-0.25, -0.2) is 0 Å². The zero-order valence-corrected chi connectivity index (χ0v) is 7.67. The summed E-state index contributed by atoms with van der Waals surface area (Å²) >= 11 is 5.44. The molecule has 0 saturated carbocycles. The fraction of sp³-hybridized carbons (Fsp3) is 0.500. The topological polar surface area (TPSA) is 9.23 Å². The molecule has 0 heterocycles.